The van der Waals surface area contributed by atoms with Gasteiger partial charge in [-0.15, -0.1) is 0 Å². The van der Waals surface area contributed by atoms with Crippen LogP contribution < -0.4 is 10.3 Å². The summed E-state index contributed by atoms with van der Waals surface area (Å²) < 4.78 is 7.42. The summed E-state index contributed by atoms with van der Waals surface area (Å²) >= 11 is 0. The van der Waals surface area contributed by atoms with Crippen LogP contribution in [0.2, 0.25) is 0 Å². The lowest BCUT2D eigenvalue weighted by molar-refractivity contribution is 0.112. The van der Waals surface area contributed by atoms with E-state index in [4.69, 9.17) is 4.74 Å². The average Bonchev–Trinajstić information content (AvgIpc) is 3.37. The van der Waals surface area contributed by atoms with Crippen LogP contribution in [0.4, 0.5) is 0 Å². The standard InChI is InChI=1S/C18H19NO3/c1-2-10-22-16-5-3-4-13(11-16)17-9-6-14(12-20)18(21)19(17)15-7-8-15/h3-6,9,11-12,15H,2,7-8,10H2,1H3. The summed E-state index contributed by atoms with van der Waals surface area (Å²) in [4.78, 5) is 23.4. The third-order valence-electron chi connectivity index (χ3n) is 3.79. The maximum Gasteiger partial charge on any atom is 0.261 e. The van der Waals surface area contributed by atoms with Crippen molar-refractivity contribution in [3.8, 4) is 17.0 Å². The Bertz CT molecular complexity index is 744. The highest BCUT2D eigenvalue weighted by molar-refractivity contribution is 5.75. The number of carbonyl (C=O) groups is 1. The maximum absolute atomic E-state index is 12.4. The quantitative estimate of drug-likeness (QED) is 0.767. The normalized spacial score (nSPS) is 13.9. The molecule has 3 rings (SSSR count). The van der Waals surface area contributed by atoms with Gasteiger partial charge in [-0.05, 0) is 43.5 Å². The fourth-order valence-electron chi connectivity index (χ4n) is 2.55. The lowest BCUT2D eigenvalue weighted by Crippen LogP contribution is -2.24. The summed E-state index contributed by atoms with van der Waals surface area (Å²) in [5.41, 5.74) is 1.80. The largest absolute Gasteiger partial charge is 0.494 e. The van der Waals surface area contributed by atoms with Crippen LogP contribution >= 0.6 is 0 Å². The Hall–Kier alpha value is -2.36. The molecule has 22 heavy (non-hydrogen) atoms. The van der Waals surface area contributed by atoms with Gasteiger partial charge in [0.25, 0.3) is 5.56 Å². The highest BCUT2D eigenvalue weighted by Crippen LogP contribution is 2.37. The lowest BCUT2D eigenvalue weighted by atomic mass is 10.1. The molecule has 0 radical (unpaired) electrons. The maximum atomic E-state index is 12.4. The van der Waals surface area contributed by atoms with E-state index < -0.39 is 0 Å². The molecule has 1 aromatic heterocycles. The number of nitrogens with zero attached hydrogens (tertiary/aromatic N) is 1. The Morgan fingerprint density at radius 2 is 2.09 bits per heavy atom. The van der Waals surface area contributed by atoms with Gasteiger partial charge in [0, 0.05) is 11.6 Å². The molecule has 1 saturated carbocycles. The van der Waals surface area contributed by atoms with Crippen molar-refractivity contribution in [2.75, 3.05) is 6.61 Å². The molecule has 0 amide bonds. The molecule has 1 aliphatic carbocycles. The van der Waals surface area contributed by atoms with Gasteiger partial charge in [0.05, 0.1) is 17.9 Å². The summed E-state index contributed by atoms with van der Waals surface area (Å²) in [7, 11) is 0. The van der Waals surface area contributed by atoms with Crippen molar-refractivity contribution < 1.29 is 9.53 Å². The van der Waals surface area contributed by atoms with E-state index in [-0.39, 0.29) is 17.2 Å². The van der Waals surface area contributed by atoms with E-state index in [1.807, 2.05) is 30.3 Å². The van der Waals surface area contributed by atoms with Crippen LogP contribution in [0.3, 0.4) is 0 Å². The summed E-state index contributed by atoms with van der Waals surface area (Å²) in [5.74, 6) is 0.800. The fraction of sp³-hybridized carbons (Fsp3) is 0.333. The van der Waals surface area contributed by atoms with Crippen LogP contribution in [0, 0.1) is 0 Å². The van der Waals surface area contributed by atoms with E-state index in [1.165, 1.54) is 0 Å². The molecule has 4 nitrogen and oxygen atoms in total. The van der Waals surface area contributed by atoms with Crippen molar-refractivity contribution in [3.63, 3.8) is 0 Å². The number of carbonyl (C=O) groups excluding carboxylic acids is 1. The molecule has 114 valence electrons. The van der Waals surface area contributed by atoms with Gasteiger partial charge in [-0.2, -0.15) is 0 Å². The number of pyridine rings is 1. The second kappa shape index (κ2) is 6.18. The Labute approximate surface area is 129 Å². The van der Waals surface area contributed by atoms with Gasteiger partial charge >= 0.3 is 0 Å². The van der Waals surface area contributed by atoms with E-state index in [1.54, 1.807) is 10.6 Å². The highest BCUT2D eigenvalue weighted by Gasteiger charge is 2.28. The zero-order valence-corrected chi connectivity index (χ0v) is 12.6. The van der Waals surface area contributed by atoms with Gasteiger partial charge in [-0.25, -0.2) is 0 Å². The van der Waals surface area contributed by atoms with Crippen molar-refractivity contribution in [2.24, 2.45) is 0 Å². The highest BCUT2D eigenvalue weighted by atomic mass is 16.5. The van der Waals surface area contributed by atoms with Gasteiger partial charge < -0.3 is 9.30 Å². The lowest BCUT2D eigenvalue weighted by Gasteiger charge is -2.14. The van der Waals surface area contributed by atoms with Crippen molar-refractivity contribution in [1.82, 2.24) is 4.57 Å². The van der Waals surface area contributed by atoms with Crippen LogP contribution in [0.5, 0.6) is 5.75 Å². The predicted molar refractivity (Wildman–Crippen MR) is 85.6 cm³/mol. The molecule has 4 heteroatoms. The molecule has 0 unspecified atom stereocenters. The minimum absolute atomic E-state index is 0.199. The minimum Gasteiger partial charge on any atom is -0.494 e. The monoisotopic (exact) mass is 297 g/mol. The molecule has 0 spiro atoms. The molecule has 0 saturated heterocycles. The van der Waals surface area contributed by atoms with Gasteiger partial charge in [-0.3, -0.25) is 9.59 Å². The molecule has 2 aromatic rings. The number of hydrogen-bond donors (Lipinski definition) is 0. The molecule has 1 heterocycles. The molecule has 1 aromatic carbocycles. The van der Waals surface area contributed by atoms with Gasteiger partial charge in [0.2, 0.25) is 0 Å². The van der Waals surface area contributed by atoms with Crippen LogP contribution in [-0.4, -0.2) is 17.5 Å². The second-order valence-electron chi connectivity index (χ2n) is 5.57. The second-order valence-corrected chi connectivity index (χ2v) is 5.57. The van der Waals surface area contributed by atoms with Crippen molar-refractivity contribution in [1.29, 1.82) is 0 Å². The van der Waals surface area contributed by atoms with Gasteiger partial charge in [0.1, 0.15) is 5.75 Å². The van der Waals surface area contributed by atoms with Crippen LogP contribution in [0.25, 0.3) is 11.3 Å². The number of benzene rings is 1. The third kappa shape index (κ3) is 2.82. The van der Waals surface area contributed by atoms with Gasteiger partial charge in [0.15, 0.2) is 6.29 Å². The first-order valence-corrected chi connectivity index (χ1v) is 7.68. The Morgan fingerprint density at radius 3 is 2.77 bits per heavy atom. The van der Waals surface area contributed by atoms with E-state index in [0.29, 0.717) is 12.9 Å². The molecule has 1 aliphatic rings. The predicted octanol–water partition coefficient (Wildman–Crippen LogP) is 3.45. The number of aromatic nitrogens is 1. The topological polar surface area (TPSA) is 48.3 Å². The third-order valence-corrected chi connectivity index (χ3v) is 3.79. The summed E-state index contributed by atoms with van der Waals surface area (Å²) in [6.45, 7) is 2.73. The first kappa shape index (κ1) is 14.6. The summed E-state index contributed by atoms with van der Waals surface area (Å²) in [6, 6.07) is 11.4. The van der Waals surface area contributed by atoms with Crippen molar-refractivity contribution in [2.45, 2.75) is 32.2 Å². The molecular formula is C18H19NO3. The summed E-state index contributed by atoms with van der Waals surface area (Å²) in [5, 5.41) is 0. The molecular weight excluding hydrogens is 278 g/mol. The van der Waals surface area contributed by atoms with Crippen LogP contribution in [0.15, 0.2) is 41.2 Å². The Morgan fingerprint density at radius 1 is 1.27 bits per heavy atom. The summed E-state index contributed by atoms with van der Waals surface area (Å²) in [6.07, 6.45) is 3.55. The van der Waals surface area contributed by atoms with Gasteiger partial charge in [-0.1, -0.05) is 19.1 Å². The van der Waals surface area contributed by atoms with Crippen molar-refractivity contribution in [3.05, 3.63) is 52.3 Å². The first-order chi connectivity index (χ1) is 10.7. The molecule has 0 aliphatic heterocycles. The Balaban J connectivity index is 2.06. The van der Waals surface area contributed by atoms with E-state index in [9.17, 15) is 9.59 Å². The smallest absolute Gasteiger partial charge is 0.261 e. The number of rotatable bonds is 6. The Kier molecular flexibility index (Phi) is 4.09. The number of aldehydes is 1. The van der Waals surface area contributed by atoms with E-state index in [2.05, 4.69) is 6.92 Å². The molecule has 0 N–H and O–H groups in total. The van der Waals surface area contributed by atoms with E-state index >= 15 is 0 Å². The molecule has 0 bridgehead atoms. The van der Waals surface area contributed by atoms with Crippen LogP contribution in [-0.2, 0) is 0 Å². The molecule has 1 fully saturated rings. The fourth-order valence-corrected chi connectivity index (χ4v) is 2.55. The van der Waals surface area contributed by atoms with Crippen LogP contribution in [0.1, 0.15) is 42.6 Å². The minimum atomic E-state index is -0.199. The number of ether oxygens (including phenoxy) is 1. The SMILES string of the molecule is CCCOc1cccc(-c2ccc(C=O)c(=O)n2C2CC2)c1. The number of hydrogen-bond acceptors (Lipinski definition) is 3. The first-order valence-electron chi connectivity index (χ1n) is 7.68. The zero-order chi connectivity index (χ0) is 15.5. The van der Waals surface area contributed by atoms with E-state index in [0.717, 1.165) is 36.3 Å². The zero-order valence-electron chi connectivity index (χ0n) is 12.6. The molecule has 0 atom stereocenters. The van der Waals surface area contributed by atoms with Crippen molar-refractivity contribution >= 4 is 6.29 Å². The average molecular weight is 297 g/mol.